The van der Waals surface area contributed by atoms with Crippen molar-refractivity contribution in [2.45, 2.75) is 31.3 Å². The van der Waals surface area contributed by atoms with Crippen LogP contribution in [0.15, 0.2) is 36.8 Å². The predicted octanol–water partition coefficient (Wildman–Crippen LogP) is 2.30. The quantitative estimate of drug-likeness (QED) is 0.808. The van der Waals surface area contributed by atoms with Gasteiger partial charge in [-0.05, 0) is 37.7 Å². The van der Waals surface area contributed by atoms with Crippen molar-refractivity contribution in [2.24, 2.45) is 13.0 Å². The molecule has 1 unspecified atom stereocenters. The van der Waals surface area contributed by atoms with Gasteiger partial charge in [-0.15, -0.1) is 0 Å². The zero-order valence-corrected chi connectivity index (χ0v) is 15.7. The normalized spacial score (nSPS) is 21.5. The van der Waals surface area contributed by atoms with E-state index in [1.54, 1.807) is 23.3 Å². The summed E-state index contributed by atoms with van der Waals surface area (Å²) in [4.78, 5) is 18.8. The van der Waals surface area contributed by atoms with Crippen LogP contribution in [0.4, 0.5) is 0 Å². The number of carbonyl (C=O) groups excluding carboxylic acids is 1. The van der Waals surface area contributed by atoms with Crippen molar-refractivity contribution in [1.29, 1.82) is 0 Å². The Morgan fingerprint density at radius 2 is 2.22 bits per heavy atom. The van der Waals surface area contributed by atoms with E-state index in [4.69, 9.17) is 9.47 Å². The third kappa shape index (κ3) is 3.83. The molecule has 2 aromatic heterocycles. The third-order valence-electron chi connectivity index (χ3n) is 5.80. The van der Waals surface area contributed by atoms with E-state index in [1.807, 2.05) is 30.1 Å². The predicted molar refractivity (Wildman–Crippen MR) is 99.5 cm³/mol. The molecule has 0 radical (unpaired) electrons. The number of carbonyl (C=O) groups is 1. The number of aryl methyl sites for hydroxylation is 1. The molecule has 2 fully saturated rings. The van der Waals surface area contributed by atoms with Gasteiger partial charge in [0.1, 0.15) is 0 Å². The van der Waals surface area contributed by atoms with Crippen LogP contribution < -0.4 is 4.74 Å². The molecule has 2 aliphatic heterocycles. The molecule has 0 saturated carbocycles. The van der Waals surface area contributed by atoms with E-state index in [0.717, 1.165) is 45.4 Å². The summed E-state index contributed by atoms with van der Waals surface area (Å²) in [5, 5.41) is 4.10. The molecule has 1 spiro atoms. The van der Waals surface area contributed by atoms with E-state index in [0.29, 0.717) is 24.0 Å². The van der Waals surface area contributed by atoms with Gasteiger partial charge >= 0.3 is 0 Å². The molecule has 7 nitrogen and oxygen atoms in total. The van der Waals surface area contributed by atoms with Gasteiger partial charge in [-0.25, -0.2) is 4.98 Å². The van der Waals surface area contributed by atoms with E-state index in [-0.39, 0.29) is 11.5 Å². The summed E-state index contributed by atoms with van der Waals surface area (Å²) < 4.78 is 13.7. The van der Waals surface area contributed by atoms with Gasteiger partial charge in [0, 0.05) is 45.2 Å². The van der Waals surface area contributed by atoms with E-state index in [2.05, 4.69) is 10.1 Å². The molecule has 2 aliphatic rings. The van der Waals surface area contributed by atoms with Crippen molar-refractivity contribution in [3.63, 3.8) is 0 Å². The molecule has 0 aliphatic carbocycles. The zero-order chi connectivity index (χ0) is 18.7. The number of hydrogen-bond donors (Lipinski definition) is 0. The van der Waals surface area contributed by atoms with E-state index >= 15 is 0 Å². The van der Waals surface area contributed by atoms with E-state index < -0.39 is 0 Å². The van der Waals surface area contributed by atoms with Gasteiger partial charge in [-0.2, -0.15) is 5.10 Å². The van der Waals surface area contributed by atoms with Crippen LogP contribution in [0.3, 0.4) is 0 Å². The fraction of sp³-hybridized carbons (Fsp3) is 0.550. The Kier molecular flexibility index (Phi) is 5.11. The molecule has 144 valence electrons. The lowest BCUT2D eigenvalue weighted by atomic mass is 9.78. The van der Waals surface area contributed by atoms with Crippen molar-refractivity contribution in [1.82, 2.24) is 19.7 Å². The van der Waals surface area contributed by atoms with Crippen LogP contribution in [0.1, 0.15) is 36.0 Å². The van der Waals surface area contributed by atoms with Crippen molar-refractivity contribution in [2.75, 3.05) is 26.3 Å². The van der Waals surface area contributed by atoms with Crippen molar-refractivity contribution in [3.8, 4) is 5.88 Å². The first kappa shape index (κ1) is 18.0. The highest BCUT2D eigenvalue weighted by molar-refractivity contribution is 5.93. The van der Waals surface area contributed by atoms with Crippen LogP contribution in [-0.2, 0) is 11.8 Å². The average molecular weight is 370 g/mol. The lowest BCUT2D eigenvalue weighted by Gasteiger charge is -2.42. The number of pyridine rings is 1. The highest BCUT2D eigenvalue weighted by atomic mass is 16.5. The molecule has 1 atom stereocenters. The van der Waals surface area contributed by atoms with Crippen molar-refractivity contribution >= 4 is 5.91 Å². The van der Waals surface area contributed by atoms with Crippen LogP contribution in [0.2, 0.25) is 0 Å². The molecule has 0 bridgehead atoms. The maximum Gasteiger partial charge on any atom is 0.257 e. The third-order valence-corrected chi connectivity index (χ3v) is 5.80. The van der Waals surface area contributed by atoms with E-state index in [9.17, 15) is 4.79 Å². The molecule has 0 N–H and O–H groups in total. The molecule has 27 heavy (non-hydrogen) atoms. The Bertz CT molecular complexity index is 769. The Morgan fingerprint density at radius 1 is 1.37 bits per heavy atom. The number of amides is 1. The summed E-state index contributed by atoms with van der Waals surface area (Å²) >= 11 is 0. The minimum Gasteiger partial charge on any atom is -0.478 e. The van der Waals surface area contributed by atoms with Crippen molar-refractivity contribution < 1.29 is 14.3 Å². The van der Waals surface area contributed by atoms with Gasteiger partial charge < -0.3 is 14.4 Å². The molecule has 4 heterocycles. The lowest BCUT2D eigenvalue weighted by molar-refractivity contribution is -0.0649. The first-order chi connectivity index (χ1) is 13.2. The summed E-state index contributed by atoms with van der Waals surface area (Å²) in [6.07, 6.45) is 8.92. The van der Waals surface area contributed by atoms with Gasteiger partial charge in [0.15, 0.2) is 0 Å². The summed E-state index contributed by atoms with van der Waals surface area (Å²) in [5.41, 5.74) is 0.542. The van der Waals surface area contributed by atoms with Crippen LogP contribution in [0.25, 0.3) is 0 Å². The summed E-state index contributed by atoms with van der Waals surface area (Å²) in [5.74, 6) is 1.20. The number of ether oxygens (including phenoxy) is 2. The second kappa shape index (κ2) is 7.68. The Balaban J connectivity index is 1.31. The maximum atomic E-state index is 12.6. The second-order valence-electron chi connectivity index (χ2n) is 7.40. The fourth-order valence-corrected chi connectivity index (χ4v) is 4.29. The number of likely N-dealkylation sites (tertiary alicyclic amines) is 1. The van der Waals surface area contributed by atoms with Crippen LogP contribution >= 0.6 is 0 Å². The molecular weight excluding hydrogens is 344 g/mol. The minimum absolute atomic E-state index is 0.0611. The van der Waals surface area contributed by atoms with Crippen LogP contribution in [0.5, 0.6) is 5.88 Å². The number of nitrogens with zero attached hydrogens (tertiary/aromatic N) is 4. The number of rotatable bonds is 5. The van der Waals surface area contributed by atoms with Gasteiger partial charge in [0.25, 0.3) is 5.91 Å². The average Bonchev–Trinajstić information content (AvgIpc) is 3.30. The molecule has 0 aromatic carbocycles. The van der Waals surface area contributed by atoms with Gasteiger partial charge in [0.05, 0.1) is 24.0 Å². The van der Waals surface area contributed by atoms with Crippen LogP contribution in [-0.4, -0.2) is 57.5 Å². The lowest BCUT2D eigenvalue weighted by Crippen LogP contribution is -2.49. The van der Waals surface area contributed by atoms with E-state index in [1.165, 1.54) is 0 Å². The van der Waals surface area contributed by atoms with Crippen molar-refractivity contribution in [3.05, 3.63) is 42.4 Å². The second-order valence-corrected chi connectivity index (χ2v) is 7.40. The van der Waals surface area contributed by atoms with Gasteiger partial charge in [-0.3, -0.25) is 9.48 Å². The molecule has 7 heteroatoms. The van der Waals surface area contributed by atoms with Crippen LogP contribution in [0, 0.1) is 5.92 Å². The SMILES string of the molecule is Cn1cc(C(=O)N2CCC3(CC2)OCCC3CCOc2ccccn2)cn1. The minimum atomic E-state index is -0.112. The molecular formula is C20H26N4O3. The molecule has 2 saturated heterocycles. The Hall–Kier alpha value is -2.41. The standard InChI is InChI=1S/C20H26N4O3/c1-23-15-16(14-22-23)19(25)24-10-7-20(8-11-24)17(6-13-27-20)5-12-26-18-4-2-3-9-21-18/h2-4,9,14-15,17H,5-8,10-13H2,1H3. The largest absolute Gasteiger partial charge is 0.478 e. The highest BCUT2D eigenvalue weighted by Crippen LogP contribution is 2.42. The molecule has 4 rings (SSSR count). The monoisotopic (exact) mass is 370 g/mol. The zero-order valence-electron chi connectivity index (χ0n) is 15.7. The summed E-state index contributed by atoms with van der Waals surface area (Å²) in [6.45, 7) is 2.90. The molecule has 1 amide bonds. The van der Waals surface area contributed by atoms with Gasteiger partial charge in [-0.1, -0.05) is 6.07 Å². The first-order valence-electron chi connectivity index (χ1n) is 9.62. The first-order valence-corrected chi connectivity index (χ1v) is 9.62. The number of piperidine rings is 1. The Labute approximate surface area is 159 Å². The smallest absolute Gasteiger partial charge is 0.257 e. The maximum absolute atomic E-state index is 12.6. The van der Waals surface area contributed by atoms with Gasteiger partial charge in [0.2, 0.25) is 5.88 Å². The molecule has 2 aromatic rings. The number of hydrogen-bond acceptors (Lipinski definition) is 5. The summed E-state index contributed by atoms with van der Waals surface area (Å²) in [7, 11) is 1.83. The highest BCUT2D eigenvalue weighted by Gasteiger charge is 2.46. The summed E-state index contributed by atoms with van der Waals surface area (Å²) in [6, 6.07) is 5.69. The topological polar surface area (TPSA) is 69.5 Å². The number of aromatic nitrogens is 3. The Morgan fingerprint density at radius 3 is 2.93 bits per heavy atom. The fourth-order valence-electron chi connectivity index (χ4n) is 4.29.